The number of benzene rings is 1. The van der Waals surface area contributed by atoms with Crippen molar-refractivity contribution in [2.24, 2.45) is 0 Å². The van der Waals surface area contributed by atoms with E-state index >= 15 is 0 Å². The van der Waals surface area contributed by atoms with Gasteiger partial charge in [-0.25, -0.2) is 9.97 Å². The Bertz CT molecular complexity index is 572. The van der Waals surface area contributed by atoms with Gasteiger partial charge in [0.2, 0.25) is 0 Å². The molecule has 0 saturated carbocycles. The molecular weight excluding hydrogens is 250 g/mol. The average Bonchev–Trinajstić information content (AvgIpc) is 2.40. The Kier molecular flexibility index (Phi) is 3.67. The third-order valence-electron chi connectivity index (χ3n) is 2.75. The Balaban J connectivity index is 2.55. The number of anilines is 1. The lowest BCUT2D eigenvalue weighted by atomic mass is 10.1. The molecule has 0 aliphatic carbocycles. The molecule has 1 aromatic heterocycles. The Morgan fingerprint density at radius 1 is 1.28 bits per heavy atom. The van der Waals surface area contributed by atoms with Gasteiger partial charge in [-0.1, -0.05) is 17.7 Å². The van der Waals surface area contributed by atoms with E-state index in [1.54, 1.807) is 13.2 Å². The van der Waals surface area contributed by atoms with Gasteiger partial charge in [0.25, 0.3) is 0 Å². The standard InChI is InChI=1S/C13H14ClN3O/c1-8-12(16-7-17-13(8)15-2)9-4-5-10(14)11(6-9)18-3/h4-7H,1-3H3,(H,15,16,17). The molecule has 0 aliphatic rings. The molecule has 0 fully saturated rings. The van der Waals surface area contributed by atoms with Crippen LogP contribution in [0.4, 0.5) is 5.82 Å². The van der Waals surface area contributed by atoms with Gasteiger partial charge in [-0.2, -0.15) is 0 Å². The van der Waals surface area contributed by atoms with Crippen LogP contribution in [0.2, 0.25) is 5.02 Å². The van der Waals surface area contributed by atoms with Crippen molar-refractivity contribution in [3.8, 4) is 17.0 Å². The molecule has 0 radical (unpaired) electrons. The summed E-state index contributed by atoms with van der Waals surface area (Å²) in [6, 6.07) is 5.59. The Morgan fingerprint density at radius 3 is 2.72 bits per heavy atom. The van der Waals surface area contributed by atoms with Crippen LogP contribution in [-0.2, 0) is 0 Å². The van der Waals surface area contributed by atoms with Crippen LogP contribution in [0.5, 0.6) is 5.75 Å². The van der Waals surface area contributed by atoms with Crippen molar-refractivity contribution in [2.45, 2.75) is 6.92 Å². The van der Waals surface area contributed by atoms with Crippen LogP contribution < -0.4 is 10.1 Å². The van der Waals surface area contributed by atoms with Gasteiger partial charge in [0, 0.05) is 18.2 Å². The molecule has 0 unspecified atom stereocenters. The molecule has 0 atom stereocenters. The van der Waals surface area contributed by atoms with E-state index in [0.717, 1.165) is 22.6 Å². The normalized spacial score (nSPS) is 10.2. The minimum atomic E-state index is 0.585. The first-order valence-electron chi connectivity index (χ1n) is 5.50. The highest BCUT2D eigenvalue weighted by atomic mass is 35.5. The second-order valence-electron chi connectivity index (χ2n) is 3.80. The fourth-order valence-electron chi connectivity index (χ4n) is 1.80. The van der Waals surface area contributed by atoms with Crippen molar-refractivity contribution in [2.75, 3.05) is 19.5 Å². The van der Waals surface area contributed by atoms with Gasteiger partial charge in [-0.05, 0) is 19.1 Å². The zero-order valence-corrected chi connectivity index (χ0v) is 11.2. The van der Waals surface area contributed by atoms with Crippen LogP contribution in [0.3, 0.4) is 0 Å². The Hall–Kier alpha value is -1.81. The molecule has 0 spiro atoms. The first-order valence-corrected chi connectivity index (χ1v) is 5.88. The van der Waals surface area contributed by atoms with Crippen molar-refractivity contribution in [1.82, 2.24) is 9.97 Å². The largest absolute Gasteiger partial charge is 0.495 e. The van der Waals surface area contributed by atoms with Crippen LogP contribution >= 0.6 is 11.6 Å². The lowest BCUT2D eigenvalue weighted by Crippen LogP contribution is -1.99. The number of nitrogens with one attached hydrogen (secondary N) is 1. The molecule has 18 heavy (non-hydrogen) atoms. The maximum absolute atomic E-state index is 6.01. The number of rotatable bonds is 3. The molecule has 1 N–H and O–H groups in total. The third-order valence-corrected chi connectivity index (χ3v) is 3.06. The van der Waals surface area contributed by atoms with E-state index < -0.39 is 0 Å². The van der Waals surface area contributed by atoms with E-state index in [2.05, 4.69) is 15.3 Å². The summed E-state index contributed by atoms with van der Waals surface area (Å²) in [4.78, 5) is 8.48. The minimum Gasteiger partial charge on any atom is -0.495 e. The maximum Gasteiger partial charge on any atom is 0.138 e. The number of halogens is 1. The van der Waals surface area contributed by atoms with Crippen molar-refractivity contribution >= 4 is 17.4 Å². The van der Waals surface area contributed by atoms with Crippen molar-refractivity contribution < 1.29 is 4.74 Å². The molecule has 2 rings (SSSR count). The van der Waals surface area contributed by atoms with Gasteiger partial charge in [0.1, 0.15) is 17.9 Å². The number of hydrogen-bond acceptors (Lipinski definition) is 4. The second kappa shape index (κ2) is 5.23. The topological polar surface area (TPSA) is 47.0 Å². The van der Waals surface area contributed by atoms with E-state index in [1.165, 1.54) is 6.33 Å². The van der Waals surface area contributed by atoms with Crippen LogP contribution in [0.15, 0.2) is 24.5 Å². The van der Waals surface area contributed by atoms with E-state index in [4.69, 9.17) is 16.3 Å². The quantitative estimate of drug-likeness (QED) is 0.924. The highest BCUT2D eigenvalue weighted by molar-refractivity contribution is 6.32. The monoisotopic (exact) mass is 263 g/mol. The van der Waals surface area contributed by atoms with E-state index in [0.29, 0.717) is 10.8 Å². The second-order valence-corrected chi connectivity index (χ2v) is 4.20. The van der Waals surface area contributed by atoms with Crippen molar-refractivity contribution in [3.63, 3.8) is 0 Å². The fourth-order valence-corrected chi connectivity index (χ4v) is 2.00. The third kappa shape index (κ3) is 2.24. The van der Waals surface area contributed by atoms with Crippen LogP contribution in [0, 0.1) is 6.92 Å². The fraction of sp³-hybridized carbons (Fsp3) is 0.231. The first kappa shape index (κ1) is 12.6. The first-order chi connectivity index (χ1) is 8.67. The summed E-state index contributed by atoms with van der Waals surface area (Å²) >= 11 is 6.01. The van der Waals surface area contributed by atoms with Crippen LogP contribution in [0.25, 0.3) is 11.3 Å². The number of aromatic nitrogens is 2. The number of hydrogen-bond donors (Lipinski definition) is 1. The molecule has 0 amide bonds. The lowest BCUT2D eigenvalue weighted by Gasteiger charge is -2.10. The lowest BCUT2D eigenvalue weighted by molar-refractivity contribution is 0.415. The molecular formula is C13H14ClN3O. The van der Waals surface area contributed by atoms with E-state index in [9.17, 15) is 0 Å². The zero-order chi connectivity index (χ0) is 13.1. The predicted molar refractivity (Wildman–Crippen MR) is 73.3 cm³/mol. The highest BCUT2D eigenvalue weighted by Crippen LogP contribution is 2.31. The van der Waals surface area contributed by atoms with Crippen molar-refractivity contribution in [3.05, 3.63) is 35.1 Å². The SMILES string of the molecule is CNc1ncnc(-c2ccc(Cl)c(OC)c2)c1C. The molecule has 0 aliphatic heterocycles. The summed E-state index contributed by atoms with van der Waals surface area (Å²) in [5.41, 5.74) is 2.81. The molecule has 0 bridgehead atoms. The average molecular weight is 264 g/mol. The smallest absolute Gasteiger partial charge is 0.138 e. The maximum atomic E-state index is 6.01. The molecule has 1 aromatic carbocycles. The molecule has 2 aromatic rings. The summed E-state index contributed by atoms with van der Waals surface area (Å²) in [7, 11) is 3.43. The number of nitrogens with zero attached hydrogens (tertiary/aromatic N) is 2. The van der Waals surface area contributed by atoms with Crippen LogP contribution in [0.1, 0.15) is 5.56 Å². The van der Waals surface area contributed by atoms with Crippen LogP contribution in [-0.4, -0.2) is 24.1 Å². The minimum absolute atomic E-state index is 0.585. The number of ether oxygens (including phenoxy) is 1. The van der Waals surface area contributed by atoms with Gasteiger partial charge >= 0.3 is 0 Å². The van der Waals surface area contributed by atoms with Gasteiger partial charge in [0.15, 0.2) is 0 Å². The molecule has 4 nitrogen and oxygen atoms in total. The Labute approximate surface area is 111 Å². The Morgan fingerprint density at radius 2 is 2.06 bits per heavy atom. The predicted octanol–water partition coefficient (Wildman–Crippen LogP) is 3.16. The van der Waals surface area contributed by atoms with Gasteiger partial charge in [-0.3, -0.25) is 0 Å². The molecule has 5 heteroatoms. The summed E-state index contributed by atoms with van der Waals surface area (Å²) < 4.78 is 5.21. The van der Waals surface area contributed by atoms with Gasteiger partial charge in [0.05, 0.1) is 17.8 Å². The van der Waals surface area contributed by atoms with E-state index in [-0.39, 0.29) is 0 Å². The molecule has 1 heterocycles. The van der Waals surface area contributed by atoms with Gasteiger partial charge in [-0.15, -0.1) is 0 Å². The highest BCUT2D eigenvalue weighted by Gasteiger charge is 2.10. The van der Waals surface area contributed by atoms with Gasteiger partial charge < -0.3 is 10.1 Å². The molecule has 94 valence electrons. The number of methoxy groups -OCH3 is 1. The van der Waals surface area contributed by atoms with Crippen molar-refractivity contribution in [1.29, 1.82) is 0 Å². The summed E-state index contributed by atoms with van der Waals surface area (Å²) in [5, 5.41) is 3.62. The van der Waals surface area contributed by atoms with E-state index in [1.807, 2.05) is 26.1 Å². The zero-order valence-electron chi connectivity index (χ0n) is 10.5. The summed E-state index contributed by atoms with van der Waals surface area (Å²) in [6.07, 6.45) is 1.54. The summed E-state index contributed by atoms with van der Waals surface area (Å²) in [6.45, 7) is 1.97. The molecule has 0 saturated heterocycles. The summed E-state index contributed by atoms with van der Waals surface area (Å²) in [5.74, 6) is 1.45.